The number of halogens is 2. The summed E-state index contributed by atoms with van der Waals surface area (Å²) < 4.78 is 0. The van der Waals surface area contributed by atoms with Gasteiger partial charge in [-0.1, -0.05) is 29.3 Å². The van der Waals surface area contributed by atoms with Crippen LogP contribution in [0, 0.1) is 5.92 Å². The third-order valence-corrected chi connectivity index (χ3v) is 8.44. The lowest BCUT2D eigenvalue weighted by atomic mass is 9.84. The molecule has 1 saturated heterocycles. The highest BCUT2D eigenvalue weighted by Crippen LogP contribution is 2.33. The molecule has 2 fully saturated rings. The first kappa shape index (κ1) is 25.1. The van der Waals surface area contributed by atoms with E-state index in [1.807, 2.05) is 12.1 Å². The molecule has 6 nitrogen and oxygen atoms in total. The van der Waals surface area contributed by atoms with Crippen molar-refractivity contribution in [1.82, 2.24) is 20.2 Å². The quantitative estimate of drug-likeness (QED) is 0.358. The molecule has 1 aliphatic carbocycles. The van der Waals surface area contributed by atoms with Crippen LogP contribution in [0.5, 0.6) is 0 Å². The average Bonchev–Trinajstić information content (AvgIpc) is 3.29. The molecule has 5 rings (SSSR count). The molecule has 1 amide bonds. The number of H-pyrrole nitrogens is 2. The van der Waals surface area contributed by atoms with Crippen molar-refractivity contribution in [3.8, 4) is 0 Å². The summed E-state index contributed by atoms with van der Waals surface area (Å²) in [4.78, 5) is 33.0. The van der Waals surface area contributed by atoms with Crippen LogP contribution in [0.25, 0.3) is 17.1 Å². The molecule has 190 valence electrons. The Labute approximate surface area is 221 Å². The van der Waals surface area contributed by atoms with Gasteiger partial charge in [-0.05, 0) is 98.9 Å². The van der Waals surface area contributed by atoms with Crippen LogP contribution < -0.4 is 10.9 Å². The Morgan fingerprint density at radius 1 is 1.03 bits per heavy atom. The third-order valence-electron chi connectivity index (χ3n) is 7.70. The molecule has 0 atom stereocenters. The number of benzene rings is 1. The fraction of sp³-hybridized carbons (Fsp3) is 0.429. The first-order valence-electron chi connectivity index (χ1n) is 12.8. The van der Waals surface area contributed by atoms with Crippen molar-refractivity contribution >= 4 is 46.2 Å². The summed E-state index contributed by atoms with van der Waals surface area (Å²) >= 11 is 12.0. The van der Waals surface area contributed by atoms with E-state index in [0.717, 1.165) is 74.8 Å². The van der Waals surface area contributed by atoms with E-state index >= 15 is 0 Å². The predicted molar refractivity (Wildman–Crippen MR) is 147 cm³/mol. The van der Waals surface area contributed by atoms with Crippen LogP contribution in [0.1, 0.15) is 55.6 Å². The summed E-state index contributed by atoms with van der Waals surface area (Å²) in [6.07, 6.45) is 12.0. The van der Waals surface area contributed by atoms with Crippen LogP contribution >= 0.6 is 23.2 Å². The van der Waals surface area contributed by atoms with Gasteiger partial charge in [-0.3, -0.25) is 9.59 Å². The second-order valence-electron chi connectivity index (χ2n) is 10.2. The number of carbonyl (C=O) groups is 1. The molecular formula is C28H32Cl2N4O2. The second-order valence-corrected chi connectivity index (χ2v) is 11.0. The maximum atomic E-state index is 12.4. The molecule has 0 unspecified atom stereocenters. The molecule has 1 saturated carbocycles. The van der Waals surface area contributed by atoms with Crippen molar-refractivity contribution in [3.05, 3.63) is 74.1 Å². The van der Waals surface area contributed by atoms with Crippen LogP contribution in [0.3, 0.4) is 0 Å². The summed E-state index contributed by atoms with van der Waals surface area (Å²) in [7, 11) is 0. The zero-order chi connectivity index (χ0) is 25.1. The molecule has 8 heteroatoms. The van der Waals surface area contributed by atoms with Gasteiger partial charge in [0.05, 0.1) is 21.1 Å². The van der Waals surface area contributed by atoms with E-state index in [4.69, 9.17) is 23.2 Å². The van der Waals surface area contributed by atoms with E-state index in [1.165, 1.54) is 5.56 Å². The number of carbonyl (C=O) groups excluding carboxylic acids is 1. The van der Waals surface area contributed by atoms with Gasteiger partial charge in [0, 0.05) is 30.9 Å². The second kappa shape index (κ2) is 11.2. The molecule has 0 bridgehead atoms. The van der Waals surface area contributed by atoms with Crippen LogP contribution in [0.2, 0.25) is 10.0 Å². The summed E-state index contributed by atoms with van der Waals surface area (Å²) in [5.74, 6) is 1.10. The molecule has 3 aromatic rings. The van der Waals surface area contributed by atoms with Gasteiger partial charge in [-0.25, -0.2) is 0 Å². The fourth-order valence-electron chi connectivity index (χ4n) is 5.69. The maximum Gasteiger partial charge on any atom is 0.248 e. The number of hydrogen-bond donors (Lipinski definition) is 3. The van der Waals surface area contributed by atoms with Crippen LogP contribution in [0.4, 0.5) is 0 Å². The van der Waals surface area contributed by atoms with Gasteiger partial charge in [0.25, 0.3) is 0 Å². The number of aromatic amines is 2. The average molecular weight is 527 g/mol. The minimum Gasteiger partial charge on any atom is -0.360 e. The molecule has 0 spiro atoms. The largest absolute Gasteiger partial charge is 0.360 e. The van der Waals surface area contributed by atoms with Gasteiger partial charge in [-0.15, -0.1) is 0 Å². The lowest BCUT2D eigenvalue weighted by Crippen LogP contribution is -2.41. The van der Waals surface area contributed by atoms with E-state index in [0.29, 0.717) is 21.9 Å². The van der Waals surface area contributed by atoms with Gasteiger partial charge in [0.15, 0.2) is 0 Å². The smallest absolute Gasteiger partial charge is 0.248 e. The number of fused-ring (bicyclic) bond motifs is 1. The highest BCUT2D eigenvalue weighted by atomic mass is 35.5. The fourth-order valence-corrected chi connectivity index (χ4v) is 6.00. The standard InChI is InChI=1S/C28H32Cl2N4O2/c29-23-7-3-18(15-24(23)30)4-9-26(35)32-21-5-1-19(2-6-21)17-34-13-11-20(12-14-34)22-16-31-25-8-10-27(36)33-28(22)25/h3-4,7-10,15-16,19-21,31H,1-2,5-6,11-14,17H2,(H,32,35)(H,33,36)/b9-4-. The molecule has 3 heterocycles. The predicted octanol–water partition coefficient (Wildman–Crippen LogP) is 5.73. The number of hydrogen-bond acceptors (Lipinski definition) is 3. The van der Waals surface area contributed by atoms with Crippen molar-refractivity contribution in [2.75, 3.05) is 19.6 Å². The Kier molecular flexibility index (Phi) is 7.85. The number of piperidine rings is 1. The lowest BCUT2D eigenvalue weighted by molar-refractivity contribution is -0.117. The molecule has 2 aliphatic rings. The van der Waals surface area contributed by atoms with Crippen LogP contribution in [0.15, 0.2) is 47.4 Å². The molecule has 2 aromatic heterocycles. The van der Waals surface area contributed by atoms with Crippen molar-refractivity contribution in [1.29, 1.82) is 0 Å². The van der Waals surface area contributed by atoms with E-state index in [-0.39, 0.29) is 17.5 Å². The Bertz CT molecular complexity index is 1300. The number of aromatic nitrogens is 2. The first-order valence-corrected chi connectivity index (χ1v) is 13.6. The number of nitrogens with one attached hydrogen (secondary N) is 3. The van der Waals surface area contributed by atoms with Gasteiger partial charge >= 0.3 is 0 Å². The number of pyridine rings is 1. The topological polar surface area (TPSA) is 81.0 Å². The number of amides is 1. The molecule has 36 heavy (non-hydrogen) atoms. The lowest BCUT2D eigenvalue weighted by Gasteiger charge is -2.36. The molecule has 3 N–H and O–H groups in total. The normalized spacial score (nSPS) is 21.8. The Hall–Kier alpha value is -2.54. The van der Waals surface area contributed by atoms with Gasteiger partial charge in [0.1, 0.15) is 0 Å². The Morgan fingerprint density at radius 3 is 2.56 bits per heavy atom. The molecule has 1 aliphatic heterocycles. The SMILES string of the molecule is O=C(/C=C\c1ccc(Cl)c(Cl)c1)NC1CCC(CN2CCC(c3c[nH]c4ccc(=O)[nH]c34)CC2)CC1. The minimum absolute atomic E-state index is 0.0462. The monoisotopic (exact) mass is 526 g/mol. The van der Waals surface area contributed by atoms with E-state index < -0.39 is 0 Å². The van der Waals surface area contributed by atoms with Crippen molar-refractivity contribution < 1.29 is 4.79 Å². The van der Waals surface area contributed by atoms with E-state index in [2.05, 4.69) is 26.4 Å². The summed E-state index contributed by atoms with van der Waals surface area (Å²) in [5.41, 5.74) is 4.01. The Morgan fingerprint density at radius 2 is 1.81 bits per heavy atom. The molecule has 0 radical (unpaired) electrons. The van der Waals surface area contributed by atoms with Gasteiger partial charge < -0.3 is 20.2 Å². The minimum atomic E-state index is -0.0646. The van der Waals surface area contributed by atoms with Gasteiger partial charge in [0.2, 0.25) is 11.5 Å². The zero-order valence-electron chi connectivity index (χ0n) is 20.2. The molecule has 1 aromatic carbocycles. The maximum absolute atomic E-state index is 12.4. The van der Waals surface area contributed by atoms with Crippen molar-refractivity contribution in [3.63, 3.8) is 0 Å². The van der Waals surface area contributed by atoms with Gasteiger partial charge in [-0.2, -0.15) is 0 Å². The summed E-state index contributed by atoms with van der Waals surface area (Å²) in [5, 5.41) is 4.14. The summed E-state index contributed by atoms with van der Waals surface area (Å²) in [6, 6.07) is 8.99. The highest BCUT2D eigenvalue weighted by molar-refractivity contribution is 6.42. The van der Waals surface area contributed by atoms with E-state index in [9.17, 15) is 9.59 Å². The van der Waals surface area contributed by atoms with Crippen LogP contribution in [-0.4, -0.2) is 46.5 Å². The summed E-state index contributed by atoms with van der Waals surface area (Å²) in [6.45, 7) is 3.31. The zero-order valence-corrected chi connectivity index (χ0v) is 21.7. The first-order chi connectivity index (χ1) is 17.4. The number of nitrogens with zero attached hydrogens (tertiary/aromatic N) is 1. The van der Waals surface area contributed by atoms with Crippen LogP contribution in [-0.2, 0) is 4.79 Å². The number of rotatable bonds is 6. The number of likely N-dealkylation sites (tertiary alicyclic amines) is 1. The third kappa shape index (κ3) is 6.05. The molecular weight excluding hydrogens is 495 g/mol. The van der Waals surface area contributed by atoms with E-state index in [1.54, 1.807) is 30.4 Å². The Balaban J connectivity index is 1.05. The highest BCUT2D eigenvalue weighted by Gasteiger charge is 2.27. The van der Waals surface area contributed by atoms with Crippen molar-refractivity contribution in [2.24, 2.45) is 5.92 Å². The van der Waals surface area contributed by atoms with Crippen molar-refractivity contribution in [2.45, 2.75) is 50.5 Å².